The molecular formula is C15H30N2O. The summed E-state index contributed by atoms with van der Waals surface area (Å²) in [5.41, 5.74) is 6.89. The van der Waals surface area contributed by atoms with Gasteiger partial charge in [-0.1, -0.05) is 20.8 Å². The van der Waals surface area contributed by atoms with Gasteiger partial charge in [-0.25, -0.2) is 0 Å². The number of methoxy groups -OCH3 is 1. The number of nitrogens with zero attached hydrogens (tertiary/aromatic N) is 1. The minimum Gasteiger partial charge on any atom is -0.384 e. The minimum atomic E-state index is 0.242. The smallest absolute Gasteiger partial charge is 0.0503 e. The summed E-state index contributed by atoms with van der Waals surface area (Å²) in [6.07, 6.45) is 3.82. The van der Waals surface area contributed by atoms with E-state index in [0.717, 1.165) is 13.2 Å². The number of likely N-dealkylation sites (tertiary alicyclic amines) is 1. The molecule has 106 valence electrons. The van der Waals surface area contributed by atoms with Gasteiger partial charge in [0.25, 0.3) is 0 Å². The van der Waals surface area contributed by atoms with Gasteiger partial charge in [-0.3, -0.25) is 4.90 Å². The molecular weight excluding hydrogens is 224 g/mol. The fourth-order valence-electron chi connectivity index (χ4n) is 4.53. The van der Waals surface area contributed by atoms with Crippen LogP contribution in [0.4, 0.5) is 0 Å². The third-order valence-electron chi connectivity index (χ3n) is 5.23. The molecule has 0 spiro atoms. The van der Waals surface area contributed by atoms with E-state index in [9.17, 15) is 0 Å². The molecule has 3 heteroatoms. The molecule has 0 radical (unpaired) electrons. The van der Waals surface area contributed by atoms with E-state index in [-0.39, 0.29) is 5.54 Å². The molecule has 3 unspecified atom stereocenters. The lowest BCUT2D eigenvalue weighted by molar-refractivity contribution is 0.0718. The van der Waals surface area contributed by atoms with Gasteiger partial charge in [-0.2, -0.15) is 0 Å². The van der Waals surface area contributed by atoms with Crippen LogP contribution < -0.4 is 5.73 Å². The molecule has 1 saturated carbocycles. The van der Waals surface area contributed by atoms with Gasteiger partial charge in [0, 0.05) is 25.7 Å². The lowest BCUT2D eigenvalue weighted by atomic mass is 9.85. The van der Waals surface area contributed by atoms with E-state index in [0.29, 0.717) is 17.3 Å². The molecule has 1 aliphatic heterocycles. The summed E-state index contributed by atoms with van der Waals surface area (Å²) in [7, 11) is 1.81. The molecule has 18 heavy (non-hydrogen) atoms. The zero-order valence-corrected chi connectivity index (χ0v) is 12.5. The van der Waals surface area contributed by atoms with E-state index in [1.165, 1.54) is 32.4 Å². The highest BCUT2D eigenvalue weighted by Gasteiger charge is 2.52. The number of nitrogens with two attached hydrogens (primary N) is 1. The van der Waals surface area contributed by atoms with Crippen molar-refractivity contribution in [1.29, 1.82) is 0 Å². The van der Waals surface area contributed by atoms with Crippen molar-refractivity contribution in [3.8, 4) is 0 Å². The Morgan fingerprint density at radius 3 is 2.61 bits per heavy atom. The Hall–Kier alpha value is -0.120. The van der Waals surface area contributed by atoms with Crippen LogP contribution in [0.25, 0.3) is 0 Å². The molecule has 2 aliphatic rings. The summed E-state index contributed by atoms with van der Waals surface area (Å²) < 4.78 is 5.31. The first-order valence-corrected chi connectivity index (χ1v) is 7.37. The van der Waals surface area contributed by atoms with Crippen molar-refractivity contribution < 1.29 is 4.74 Å². The van der Waals surface area contributed by atoms with Crippen LogP contribution in [0, 0.1) is 17.3 Å². The van der Waals surface area contributed by atoms with Crippen molar-refractivity contribution in [3.63, 3.8) is 0 Å². The molecule has 2 N–H and O–H groups in total. The van der Waals surface area contributed by atoms with Crippen LogP contribution in [0.3, 0.4) is 0 Å². The molecule has 2 rings (SSSR count). The molecule has 0 aromatic heterocycles. The summed E-state index contributed by atoms with van der Waals surface area (Å²) in [6.45, 7) is 11.3. The first-order valence-electron chi connectivity index (χ1n) is 7.37. The molecule has 1 heterocycles. The second-order valence-corrected chi connectivity index (χ2v) is 7.31. The number of hydrogen-bond acceptors (Lipinski definition) is 3. The van der Waals surface area contributed by atoms with E-state index in [2.05, 4.69) is 25.7 Å². The summed E-state index contributed by atoms with van der Waals surface area (Å²) in [5.74, 6) is 1.41. The van der Waals surface area contributed by atoms with Crippen LogP contribution in [0.1, 0.15) is 40.0 Å². The molecule has 0 aromatic carbocycles. The van der Waals surface area contributed by atoms with E-state index >= 15 is 0 Å². The Labute approximate surface area is 112 Å². The van der Waals surface area contributed by atoms with Gasteiger partial charge in [-0.15, -0.1) is 0 Å². The average Bonchev–Trinajstić information content (AvgIpc) is 2.82. The van der Waals surface area contributed by atoms with Crippen molar-refractivity contribution in [2.45, 2.75) is 45.6 Å². The quantitative estimate of drug-likeness (QED) is 0.835. The van der Waals surface area contributed by atoms with E-state index in [4.69, 9.17) is 10.5 Å². The predicted octanol–water partition coefficient (Wildman–Crippen LogP) is 2.11. The van der Waals surface area contributed by atoms with Crippen LogP contribution in [0.2, 0.25) is 0 Å². The Kier molecular flexibility index (Phi) is 4.05. The van der Waals surface area contributed by atoms with Crippen LogP contribution >= 0.6 is 0 Å². The second-order valence-electron chi connectivity index (χ2n) is 7.31. The Morgan fingerprint density at radius 2 is 2.11 bits per heavy atom. The molecule has 1 aliphatic carbocycles. The van der Waals surface area contributed by atoms with Crippen molar-refractivity contribution in [1.82, 2.24) is 4.90 Å². The SMILES string of the molecule is COCC1CCN(C2(CN)CC(C)(C)CC2C)C1. The van der Waals surface area contributed by atoms with Crippen LogP contribution in [-0.2, 0) is 4.74 Å². The number of ether oxygens (including phenoxy) is 1. The highest BCUT2D eigenvalue weighted by atomic mass is 16.5. The molecule has 0 amide bonds. The summed E-state index contributed by atoms with van der Waals surface area (Å²) in [5, 5.41) is 0. The maximum Gasteiger partial charge on any atom is 0.0503 e. The summed E-state index contributed by atoms with van der Waals surface area (Å²) in [6, 6.07) is 0. The Bertz CT molecular complexity index is 292. The van der Waals surface area contributed by atoms with Gasteiger partial charge in [0.05, 0.1) is 6.61 Å². The van der Waals surface area contributed by atoms with E-state index in [1.807, 2.05) is 7.11 Å². The van der Waals surface area contributed by atoms with Crippen LogP contribution in [0.15, 0.2) is 0 Å². The van der Waals surface area contributed by atoms with Crippen molar-refractivity contribution in [2.75, 3.05) is 33.4 Å². The minimum absolute atomic E-state index is 0.242. The molecule has 3 nitrogen and oxygen atoms in total. The molecule has 0 aromatic rings. The zero-order chi connectivity index (χ0) is 13.4. The third-order valence-corrected chi connectivity index (χ3v) is 5.23. The fraction of sp³-hybridized carbons (Fsp3) is 1.00. The standard InChI is InChI=1S/C15H30N2O/c1-12-7-14(2,3)10-15(12,11-16)17-6-5-13(8-17)9-18-4/h12-13H,5-11,16H2,1-4H3. The summed E-state index contributed by atoms with van der Waals surface area (Å²) >= 11 is 0. The number of hydrogen-bond donors (Lipinski definition) is 1. The van der Waals surface area contributed by atoms with Crippen molar-refractivity contribution >= 4 is 0 Å². The first-order chi connectivity index (χ1) is 8.43. The predicted molar refractivity (Wildman–Crippen MR) is 75.5 cm³/mol. The normalized spacial score (nSPS) is 40.5. The zero-order valence-electron chi connectivity index (χ0n) is 12.5. The highest BCUT2D eigenvalue weighted by Crippen LogP contribution is 2.51. The van der Waals surface area contributed by atoms with Crippen LogP contribution in [0.5, 0.6) is 0 Å². The second kappa shape index (κ2) is 5.10. The summed E-state index contributed by atoms with van der Waals surface area (Å²) in [4.78, 5) is 2.68. The van der Waals surface area contributed by atoms with Gasteiger partial charge < -0.3 is 10.5 Å². The van der Waals surface area contributed by atoms with E-state index < -0.39 is 0 Å². The van der Waals surface area contributed by atoms with Gasteiger partial charge in [0.2, 0.25) is 0 Å². The largest absolute Gasteiger partial charge is 0.384 e. The van der Waals surface area contributed by atoms with Gasteiger partial charge in [-0.05, 0) is 43.1 Å². The maximum atomic E-state index is 6.21. The fourth-order valence-corrected chi connectivity index (χ4v) is 4.53. The van der Waals surface area contributed by atoms with Crippen molar-refractivity contribution in [3.05, 3.63) is 0 Å². The van der Waals surface area contributed by atoms with Gasteiger partial charge in [0.15, 0.2) is 0 Å². The Balaban J connectivity index is 2.10. The first kappa shape index (κ1) is 14.3. The molecule has 1 saturated heterocycles. The maximum absolute atomic E-state index is 6.21. The van der Waals surface area contributed by atoms with E-state index in [1.54, 1.807) is 0 Å². The van der Waals surface area contributed by atoms with Crippen molar-refractivity contribution in [2.24, 2.45) is 23.0 Å². The van der Waals surface area contributed by atoms with Crippen LogP contribution in [-0.4, -0.2) is 43.8 Å². The molecule has 0 bridgehead atoms. The topological polar surface area (TPSA) is 38.5 Å². The molecule has 3 atom stereocenters. The Morgan fingerprint density at radius 1 is 1.39 bits per heavy atom. The highest BCUT2D eigenvalue weighted by molar-refractivity contribution is 5.07. The third kappa shape index (κ3) is 2.45. The van der Waals surface area contributed by atoms with Gasteiger partial charge in [0.1, 0.15) is 0 Å². The average molecular weight is 254 g/mol. The lowest BCUT2D eigenvalue weighted by Crippen LogP contribution is -2.55. The monoisotopic (exact) mass is 254 g/mol. The molecule has 2 fully saturated rings. The lowest BCUT2D eigenvalue weighted by Gasteiger charge is -2.42. The van der Waals surface area contributed by atoms with Gasteiger partial charge >= 0.3 is 0 Å². The number of rotatable bonds is 4.